The van der Waals surface area contributed by atoms with Crippen LogP contribution in [0.2, 0.25) is 0 Å². The number of ether oxygens (including phenoxy) is 1. The Morgan fingerprint density at radius 2 is 2.19 bits per heavy atom. The molecule has 0 aromatic heterocycles. The molecule has 1 aromatic carbocycles. The van der Waals surface area contributed by atoms with Crippen LogP contribution in [0.4, 0.5) is 0 Å². The maximum absolute atomic E-state index is 5.18. The van der Waals surface area contributed by atoms with Crippen LogP contribution < -0.4 is 10.1 Å². The monoisotopic (exact) mass is 283 g/mol. The molecule has 0 spiro atoms. The van der Waals surface area contributed by atoms with Crippen LogP contribution in [0.5, 0.6) is 5.75 Å². The van der Waals surface area contributed by atoms with E-state index in [2.05, 4.69) is 53.3 Å². The van der Waals surface area contributed by atoms with Crippen molar-refractivity contribution >= 4 is 15.9 Å². The highest BCUT2D eigenvalue weighted by Crippen LogP contribution is 2.25. The lowest BCUT2D eigenvalue weighted by atomic mass is 10.2. The summed E-state index contributed by atoms with van der Waals surface area (Å²) in [7, 11) is 1.67. The lowest BCUT2D eigenvalue weighted by Crippen LogP contribution is -2.13. The van der Waals surface area contributed by atoms with Crippen LogP contribution in [0.15, 0.2) is 34.3 Å². The average molecular weight is 284 g/mol. The zero-order valence-corrected chi connectivity index (χ0v) is 11.6. The Labute approximate surface area is 106 Å². The van der Waals surface area contributed by atoms with Crippen molar-refractivity contribution < 1.29 is 4.74 Å². The number of halogens is 1. The highest BCUT2D eigenvalue weighted by Gasteiger charge is 2.00. The van der Waals surface area contributed by atoms with E-state index in [0.717, 1.165) is 23.3 Å². The van der Waals surface area contributed by atoms with Crippen LogP contribution in [0.1, 0.15) is 19.4 Å². The third kappa shape index (κ3) is 4.37. The average Bonchev–Trinajstić information content (AvgIpc) is 2.24. The smallest absolute Gasteiger partial charge is 0.133 e. The van der Waals surface area contributed by atoms with Crippen molar-refractivity contribution in [1.29, 1.82) is 0 Å². The van der Waals surface area contributed by atoms with Crippen molar-refractivity contribution in [1.82, 2.24) is 5.32 Å². The van der Waals surface area contributed by atoms with Crippen molar-refractivity contribution in [2.75, 3.05) is 13.7 Å². The van der Waals surface area contributed by atoms with Crippen LogP contribution in [0, 0.1) is 0 Å². The molecule has 2 nitrogen and oxygen atoms in total. The highest BCUT2D eigenvalue weighted by molar-refractivity contribution is 9.10. The molecule has 0 heterocycles. The van der Waals surface area contributed by atoms with Crippen LogP contribution in [-0.2, 0) is 6.54 Å². The maximum atomic E-state index is 5.18. The van der Waals surface area contributed by atoms with Gasteiger partial charge in [-0.1, -0.05) is 17.7 Å². The Hall–Kier alpha value is -0.800. The molecule has 0 aliphatic carbocycles. The summed E-state index contributed by atoms with van der Waals surface area (Å²) in [6.07, 6.45) is 2.18. The van der Waals surface area contributed by atoms with Gasteiger partial charge in [-0.3, -0.25) is 0 Å². The van der Waals surface area contributed by atoms with Gasteiger partial charge in [-0.2, -0.15) is 0 Å². The van der Waals surface area contributed by atoms with Gasteiger partial charge in [0.1, 0.15) is 5.75 Å². The normalized spacial score (nSPS) is 10.0. The van der Waals surface area contributed by atoms with E-state index in [-0.39, 0.29) is 0 Å². The number of hydrogen-bond donors (Lipinski definition) is 1. The minimum atomic E-state index is 0.867. The van der Waals surface area contributed by atoms with E-state index in [1.165, 1.54) is 11.1 Å². The van der Waals surface area contributed by atoms with Gasteiger partial charge < -0.3 is 10.1 Å². The molecule has 1 aromatic rings. The predicted octanol–water partition coefficient (Wildman–Crippen LogP) is 3.51. The zero-order chi connectivity index (χ0) is 12.0. The molecule has 16 heavy (non-hydrogen) atoms. The van der Waals surface area contributed by atoms with E-state index < -0.39 is 0 Å². The molecule has 0 atom stereocenters. The second kappa shape index (κ2) is 6.71. The summed E-state index contributed by atoms with van der Waals surface area (Å²) in [6, 6.07) is 6.12. The first-order valence-electron chi connectivity index (χ1n) is 5.30. The highest BCUT2D eigenvalue weighted by atomic mass is 79.9. The topological polar surface area (TPSA) is 21.3 Å². The zero-order valence-electron chi connectivity index (χ0n) is 10.0. The van der Waals surface area contributed by atoms with E-state index in [0.29, 0.717) is 0 Å². The lowest BCUT2D eigenvalue weighted by molar-refractivity contribution is 0.412. The third-order valence-corrected chi connectivity index (χ3v) is 2.82. The molecular formula is C13H18BrNO. The molecule has 0 amide bonds. The van der Waals surface area contributed by atoms with Crippen molar-refractivity contribution in [2.24, 2.45) is 0 Å². The second-order valence-corrected chi connectivity index (χ2v) is 4.74. The Bertz CT molecular complexity index is 370. The van der Waals surface area contributed by atoms with Gasteiger partial charge in [0.15, 0.2) is 0 Å². The largest absolute Gasteiger partial charge is 0.496 e. The molecule has 88 valence electrons. The fourth-order valence-electron chi connectivity index (χ4n) is 1.31. The first-order valence-corrected chi connectivity index (χ1v) is 6.09. The summed E-state index contributed by atoms with van der Waals surface area (Å²) >= 11 is 3.47. The summed E-state index contributed by atoms with van der Waals surface area (Å²) in [5, 5.41) is 3.36. The molecule has 0 unspecified atom stereocenters. The summed E-state index contributed by atoms with van der Waals surface area (Å²) in [6.45, 7) is 5.98. The third-order valence-electron chi connectivity index (χ3n) is 2.20. The second-order valence-electron chi connectivity index (χ2n) is 3.88. The number of nitrogens with one attached hydrogen (secondary N) is 1. The van der Waals surface area contributed by atoms with Crippen molar-refractivity contribution in [3.05, 3.63) is 39.9 Å². The summed E-state index contributed by atoms with van der Waals surface area (Å²) < 4.78 is 6.18. The van der Waals surface area contributed by atoms with Gasteiger partial charge in [-0.15, -0.1) is 0 Å². The fourth-order valence-corrected chi connectivity index (χ4v) is 1.90. The molecule has 0 saturated heterocycles. The first kappa shape index (κ1) is 13.3. The number of methoxy groups -OCH3 is 1. The van der Waals surface area contributed by atoms with E-state index >= 15 is 0 Å². The Kier molecular flexibility index (Phi) is 5.56. The minimum Gasteiger partial charge on any atom is -0.496 e. The number of rotatable bonds is 5. The van der Waals surface area contributed by atoms with Crippen LogP contribution in [0.25, 0.3) is 0 Å². The van der Waals surface area contributed by atoms with Gasteiger partial charge >= 0.3 is 0 Å². The fraction of sp³-hybridized carbons (Fsp3) is 0.385. The van der Waals surface area contributed by atoms with Gasteiger partial charge in [0.25, 0.3) is 0 Å². The van der Waals surface area contributed by atoms with Crippen LogP contribution >= 0.6 is 15.9 Å². The molecule has 1 rings (SSSR count). The Morgan fingerprint density at radius 1 is 1.44 bits per heavy atom. The quantitative estimate of drug-likeness (QED) is 0.660. The van der Waals surface area contributed by atoms with Crippen molar-refractivity contribution in [2.45, 2.75) is 20.4 Å². The SMILES string of the molecule is COc1ccc(CNCC=C(C)C)cc1Br. The predicted molar refractivity (Wildman–Crippen MR) is 71.8 cm³/mol. The van der Waals surface area contributed by atoms with E-state index in [1.807, 2.05) is 6.07 Å². The summed E-state index contributed by atoms with van der Waals surface area (Å²) in [5.41, 5.74) is 2.58. The number of allylic oxidation sites excluding steroid dienone is 1. The molecule has 0 fully saturated rings. The standard InChI is InChI=1S/C13H18BrNO/c1-10(2)6-7-15-9-11-4-5-13(16-3)12(14)8-11/h4-6,8,15H,7,9H2,1-3H3. The van der Waals surface area contributed by atoms with Gasteiger partial charge in [-0.05, 0) is 47.5 Å². The van der Waals surface area contributed by atoms with E-state index in [1.54, 1.807) is 7.11 Å². The molecule has 0 aliphatic heterocycles. The van der Waals surface area contributed by atoms with Crippen molar-refractivity contribution in [3.8, 4) is 5.75 Å². The van der Waals surface area contributed by atoms with Gasteiger partial charge in [0.05, 0.1) is 11.6 Å². The Balaban J connectivity index is 2.49. The molecule has 0 aliphatic rings. The lowest BCUT2D eigenvalue weighted by Gasteiger charge is -2.06. The molecular weight excluding hydrogens is 266 g/mol. The summed E-state index contributed by atoms with van der Waals surface area (Å²) in [4.78, 5) is 0. The molecule has 0 bridgehead atoms. The van der Waals surface area contributed by atoms with E-state index in [9.17, 15) is 0 Å². The molecule has 1 N–H and O–H groups in total. The first-order chi connectivity index (χ1) is 7.63. The number of hydrogen-bond acceptors (Lipinski definition) is 2. The number of benzene rings is 1. The Morgan fingerprint density at radius 3 is 2.75 bits per heavy atom. The minimum absolute atomic E-state index is 0.867. The van der Waals surface area contributed by atoms with Crippen molar-refractivity contribution in [3.63, 3.8) is 0 Å². The van der Waals surface area contributed by atoms with Crippen LogP contribution in [0.3, 0.4) is 0 Å². The van der Waals surface area contributed by atoms with E-state index in [4.69, 9.17) is 4.74 Å². The van der Waals surface area contributed by atoms with Gasteiger partial charge in [0.2, 0.25) is 0 Å². The van der Waals surface area contributed by atoms with Gasteiger partial charge in [-0.25, -0.2) is 0 Å². The van der Waals surface area contributed by atoms with Crippen LogP contribution in [-0.4, -0.2) is 13.7 Å². The molecule has 0 radical (unpaired) electrons. The molecule has 3 heteroatoms. The molecule has 0 saturated carbocycles. The maximum Gasteiger partial charge on any atom is 0.133 e. The van der Waals surface area contributed by atoms with Gasteiger partial charge in [0, 0.05) is 13.1 Å². The summed E-state index contributed by atoms with van der Waals surface area (Å²) in [5.74, 6) is 0.869.